The van der Waals surface area contributed by atoms with E-state index in [0.29, 0.717) is 6.42 Å². The Hall–Kier alpha value is -0.110. The molecule has 1 atom stereocenters. The van der Waals surface area contributed by atoms with Gasteiger partial charge in [0.15, 0.2) is 0 Å². The third-order valence-electron chi connectivity index (χ3n) is 1.37. The Morgan fingerprint density at radius 3 is 2.25 bits per heavy atom. The number of unbranched alkanes of at least 4 members (excludes halogenated alkanes) is 2. The molecular weight excluding hydrogens is 188 g/mol. The fourth-order valence-corrected chi connectivity index (χ4v) is 1.95. The van der Waals surface area contributed by atoms with E-state index >= 15 is 0 Å². The van der Waals surface area contributed by atoms with Crippen LogP contribution in [0, 0.1) is 0 Å². The Balaban J connectivity index is 3.47. The molecule has 0 aliphatic heterocycles. The Kier molecular flexibility index (Phi) is 5.47. The van der Waals surface area contributed by atoms with E-state index < -0.39 is 20.1 Å². The molecule has 0 amide bonds. The van der Waals surface area contributed by atoms with Crippen molar-refractivity contribution >= 4 is 7.80 Å². The van der Waals surface area contributed by atoms with Crippen LogP contribution in [-0.4, -0.2) is 18.5 Å². The predicted molar refractivity (Wildman–Crippen MR) is 42.9 cm³/mol. The van der Waals surface area contributed by atoms with Crippen molar-refractivity contribution in [1.82, 2.24) is 0 Å². The highest BCUT2D eigenvalue weighted by atomic mass is 31.1. The number of halogens is 3. The average Bonchev–Trinajstić information content (AvgIpc) is 1.84. The minimum atomic E-state index is -4.26. The molecular formula is C7H13F3OP. The third-order valence-corrected chi connectivity index (χ3v) is 2.89. The molecule has 0 N–H and O–H groups in total. The van der Waals surface area contributed by atoms with E-state index in [0.717, 1.165) is 12.8 Å². The molecule has 1 unspecified atom stereocenters. The molecule has 1 radical (unpaired) electrons. The number of hydrogen-bond donors (Lipinski definition) is 0. The SMILES string of the molecule is CCCCC[P](=O)CC(F)(F)F. The van der Waals surface area contributed by atoms with Crippen LogP contribution in [0.25, 0.3) is 0 Å². The van der Waals surface area contributed by atoms with E-state index in [1.54, 1.807) is 0 Å². The smallest absolute Gasteiger partial charge is 0.287 e. The van der Waals surface area contributed by atoms with Crippen LogP contribution in [0.5, 0.6) is 0 Å². The van der Waals surface area contributed by atoms with Gasteiger partial charge in [0.2, 0.25) is 0 Å². The van der Waals surface area contributed by atoms with Gasteiger partial charge in [0, 0.05) is 6.16 Å². The van der Waals surface area contributed by atoms with Gasteiger partial charge in [-0.15, -0.1) is 0 Å². The summed E-state index contributed by atoms with van der Waals surface area (Å²) in [6, 6.07) is 0. The van der Waals surface area contributed by atoms with E-state index in [9.17, 15) is 17.7 Å². The van der Waals surface area contributed by atoms with Crippen molar-refractivity contribution in [3.63, 3.8) is 0 Å². The summed E-state index contributed by atoms with van der Waals surface area (Å²) in [4.78, 5) is 0. The molecule has 0 spiro atoms. The maximum atomic E-state index is 11.6. The molecule has 0 aromatic carbocycles. The Labute approximate surface area is 71.1 Å². The van der Waals surface area contributed by atoms with Crippen LogP contribution in [0.2, 0.25) is 0 Å². The Bertz CT molecular complexity index is 144. The molecule has 0 aliphatic rings. The Morgan fingerprint density at radius 1 is 1.25 bits per heavy atom. The maximum absolute atomic E-state index is 11.6. The van der Waals surface area contributed by atoms with Crippen molar-refractivity contribution in [1.29, 1.82) is 0 Å². The summed E-state index contributed by atoms with van der Waals surface area (Å²) >= 11 is 0. The monoisotopic (exact) mass is 201 g/mol. The number of rotatable bonds is 5. The molecule has 73 valence electrons. The van der Waals surface area contributed by atoms with Crippen molar-refractivity contribution in [2.24, 2.45) is 0 Å². The summed E-state index contributed by atoms with van der Waals surface area (Å²) < 4.78 is 45.7. The van der Waals surface area contributed by atoms with E-state index in [2.05, 4.69) is 0 Å². The van der Waals surface area contributed by atoms with Crippen molar-refractivity contribution in [3.05, 3.63) is 0 Å². The molecule has 0 aromatic heterocycles. The summed E-state index contributed by atoms with van der Waals surface area (Å²) in [6.07, 6.45) is -2.73. The summed E-state index contributed by atoms with van der Waals surface area (Å²) in [7, 11) is -2.06. The van der Waals surface area contributed by atoms with Gasteiger partial charge in [-0.25, -0.2) is 0 Å². The topological polar surface area (TPSA) is 17.1 Å². The molecule has 0 aliphatic carbocycles. The van der Waals surface area contributed by atoms with Crippen LogP contribution < -0.4 is 0 Å². The first-order valence-electron chi connectivity index (χ1n) is 3.94. The van der Waals surface area contributed by atoms with Crippen molar-refractivity contribution < 1.29 is 17.7 Å². The fraction of sp³-hybridized carbons (Fsp3) is 1.00. The van der Waals surface area contributed by atoms with E-state index in [1.165, 1.54) is 0 Å². The maximum Gasteiger partial charge on any atom is 0.398 e. The lowest BCUT2D eigenvalue weighted by molar-refractivity contribution is -0.106. The molecule has 5 heteroatoms. The fourth-order valence-electron chi connectivity index (χ4n) is 0.817. The van der Waals surface area contributed by atoms with Gasteiger partial charge in [-0.05, 0) is 6.42 Å². The molecule has 1 nitrogen and oxygen atoms in total. The van der Waals surface area contributed by atoms with Gasteiger partial charge in [-0.3, -0.25) is 4.57 Å². The minimum absolute atomic E-state index is 0.211. The van der Waals surface area contributed by atoms with E-state index in [-0.39, 0.29) is 6.16 Å². The molecule has 0 bridgehead atoms. The largest absolute Gasteiger partial charge is 0.398 e. The quantitative estimate of drug-likeness (QED) is 0.491. The molecule has 0 heterocycles. The molecule has 0 aromatic rings. The summed E-state index contributed by atoms with van der Waals surface area (Å²) in [5.74, 6) is 0. The van der Waals surface area contributed by atoms with Crippen LogP contribution in [0.3, 0.4) is 0 Å². The van der Waals surface area contributed by atoms with Crippen LogP contribution in [0.15, 0.2) is 0 Å². The van der Waals surface area contributed by atoms with Gasteiger partial charge < -0.3 is 0 Å². The summed E-state index contributed by atoms with van der Waals surface area (Å²) in [5, 5.41) is 0. The van der Waals surface area contributed by atoms with Gasteiger partial charge in [0.1, 0.15) is 6.16 Å². The zero-order valence-corrected chi connectivity index (χ0v) is 7.92. The lowest BCUT2D eigenvalue weighted by Gasteiger charge is -2.04. The second-order valence-electron chi connectivity index (χ2n) is 2.69. The molecule has 0 saturated heterocycles. The number of hydrogen-bond acceptors (Lipinski definition) is 1. The highest BCUT2D eigenvalue weighted by Crippen LogP contribution is 2.31. The predicted octanol–water partition coefficient (Wildman–Crippen LogP) is 3.57. The van der Waals surface area contributed by atoms with Crippen LogP contribution in [0.4, 0.5) is 13.2 Å². The minimum Gasteiger partial charge on any atom is -0.287 e. The third kappa shape index (κ3) is 7.99. The second kappa shape index (κ2) is 5.52. The lowest BCUT2D eigenvalue weighted by atomic mass is 10.3. The highest BCUT2D eigenvalue weighted by molar-refractivity contribution is 7.44. The zero-order valence-electron chi connectivity index (χ0n) is 7.02. The zero-order chi connectivity index (χ0) is 9.61. The van der Waals surface area contributed by atoms with Gasteiger partial charge in [0.25, 0.3) is 0 Å². The summed E-state index contributed by atoms with van der Waals surface area (Å²) in [6.45, 7) is 1.96. The molecule has 12 heavy (non-hydrogen) atoms. The van der Waals surface area contributed by atoms with Crippen LogP contribution in [0.1, 0.15) is 26.2 Å². The normalized spacial score (nSPS) is 13.2. The summed E-state index contributed by atoms with van der Waals surface area (Å²) in [5.41, 5.74) is 0. The van der Waals surface area contributed by atoms with Crippen molar-refractivity contribution in [3.8, 4) is 0 Å². The lowest BCUT2D eigenvalue weighted by Crippen LogP contribution is -2.11. The van der Waals surface area contributed by atoms with Gasteiger partial charge >= 0.3 is 6.18 Å². The van der Waals surface area contributed by atoms with Crippen LogP contribution in [-0.2, 0) is 4.57 Å². The van der Waals surface area contributed by atoms with Gasteiger partial charge in [-0.1, -0.05) is 19.8 Å². The average molecular weight is 201 g/mol. The first kappa shape index (κ1) is 11.9. The standard InChI is InChI=1S/C7H13F3OP/c1-2-3-4-5-12(11)6-7(8,9)10/h2-6H2,1H3. The van der Waals surface area contributed by atoms with Gasteiger partial charge in [0.05, 0.1) is 7.80 Å². The van der Waals surface area contributed by atoms with Crippen molar-refractivity contribution in [2.75, 3.05) is 12.3 Å². The second-order valence-corrected chi connectivity index (χ2v) is 4.41. The van der Waals surface area contributed by atoms with E-state index in [4.69, 9.17) is 0 Å². The first-order chi connectivity index (χ1) is 5.45. The Morgan fingerprint density at radius 2 is 1.83 bits per heavy atom. The van der Waals surface area contributed by atoms with Gasteiger partial charge in [-0.2, -0.15) is 13.2 Å². The first-order valence-corrected chi connectivity index (χ1v) is 5.57. The van der Waals surface area contributed by atoms with E-state index in [1.807, 2.05) is 6.92 Å². The highest BCUT2D eigenvalue weighted by Gasteiger charge is 2.30. The molecule has 0 saturated carbocycles. The van der Waals surface area contributed by atoms with Crippen LogP contribution >= 0.6 is 7.80 Å². The molecule has 0 fully saturated rings. The molecule has 0 rings (SSSR count). The number of alkyl halides is 3. The van der Waals surface area contributed by atoms with Crippen molar-refractivity contribution in [2.45, 2.75) is 32.4 Å².